The van der Waals surface area contributed by atoms with Gasteiger partial charge in [0, 0.05) is 10.3 Å². The number of hydrogen-bond acceptors (Lipinski definition) is 5. The molecule has 17 heavy (non-hydrogen) atoms. The van der Waals surface area contributed by atoms with E-state index in [4.69, 9.17) is 5.73 Å². The predicted octanol–water partition coefficient (Wildman–Crippen LogP) is 2.22. The maximum absolute atomic E-state index is 11.1. The van der Waals surface area contributed by atoms with E-state index in [1.807, 2.05) is 0 Å². The molecule has 2 N–H and O–H groups in total. The second kappa shape index (κ2) is 5.01. The van der Waals surface area contributed by atoms with Crippen LogP contribution in [0.4, 0.5) is 0 Å². The SMILES string of the molecule is CCc1cc2c(S[C@H](C)C(N)=O)ncnc2s1. The van der Waals surface area contributed by atoms with Gasteiger partial charge >= 0.3 is 0 Å². The van der Waals surface area contributed by atoms with Crippen molar-refractivity contribution in [2.24, 2.45) is 5.73 Å². The van der Waals surface area contributed by atoms with Gasteiger partial charge in [-0.3, -0.25) is 4.79 Å². The van der Waals surface area contributed by atoms with Crippen LogP contribution >= 0.6 is 23.1 Å². The van der Waals surface area contributed by atoms with Crippen LogP contribution in [0.25, 0.3) is 10.2 Å². The fourth-order valence-corrected chi connectivity index (χ4v) is 3.22. The second-order valence-corrected chi connectivity index (χ2v) is 6.07. The summed E-state index contributed by atoms with van der Waals surface area (Å²) in [4.78, 5) is 21.8. The summed E-state index contributed by atoms with van der Waals surface area (Å²) >= 11 is 3.05. The Hall–Kier alpha value is -1.14. The molecule has 2 aromatic rings. The molecule has 0 radical (unpaired) electrons. The molecule has 90 valence electrons. The molecule has 2 aromatic heterocycles. The molecule has 1 atom stereocenters. The predicted molar refractivity (Wildman–Crippen MR) is 71.3 cm³/mol. The van der Waals surface area contributed by atoms with Crippen LogP contribution in [-0.2, 0) is 11.2 Å². The molecular weight excluding hydrogens is 254 g/mol. The molecule has 0 spiro atoms. The summed E-state index contributed by atoms with van der Waals surface area (Å²) in [5, 5.41) is 1.57. The Morgan fingerprint density at radius 2 is 2.35 bits per heavy atom. The lowest BCUT2D eigenvalue weighted by atomic mass is 10.3. The molecule has 0 bridgehead atoms. The molecule has 2 heterocycles. The summed E-state index contributed by atoms with van der Waals surface area (Å²) in [6, 6.07) is 2.09. The van der Waals surface area contributed by atoms with Crippen molar-refractivity contribution >= 4 is 39.2 Å². The van der Waals surface area contributed by atoms with Gasteiger partial charge in [0.25, 0.3) is 0 Å². The summed E-state index contributed by atoms with van der Waals surface area (Å²) in [7, 11) is 0. The van der Waals surface area contributed by atoms with E-state index < -0.39 is 0 Å². The van der Waals surface area contributed by atoms with Crippen molar-refractivity contribution in [3.63, 3.8) is 0 Å². The number of amides is 1. The van der Waals surface area contributed by atoms with E-state index in [2.05, 4.69) is 23.0 Å². The Bertz CT molecular complexity index is 553. The van der Waals surface area contributed by atoms with E-state index in [0.717, 1.165) is 21.7 Å². The number of nitrogens with zero attached hydrogens (tertiary/aromatic N) is 2. The lowest BCUT2D eigenvalue weighted by molar-refractivity contribution is -0.117. The molecule has 0 aliphatic carbocycles. The van der Waals surface area contributed by atoms with E-state index in [9.17, 15) is 4.79 Å². The van der Waals surface area contributed by atoms with Crippen LogP contribution in [0.3, 0.4) is 0 Å². The van der Waals surface area contributed by atoms with E-state index in [0.29, 0.717) is 0 Å². The van der Waals surface area contributed by atoms with Gasteiger partial charge in [-0.25, -0.2) is 9.97 Å². The fraction of sp³-hybridized carbons (Fsp3) is 0.364. The Morgan fingerprint density at radius 3 is 3.00 bits per heavy atom. The molecule has 4 nitrogen and oxygen atoms in total. The number of aryl methyl sites for hydroxylation is 1. The minimum Gasteiger partial charge on any atom is -0.369 e. The summed E-state index contributed by atoms with van der Waals surface area (Å²) in [5.41, 5.74) is 5.26. The lowest BCUT2D eigenvalue weighted by Gasteiger charge is -2.06. The van der Waals surface area contributed by atoms with Crippen LogP contribution in [0.15, 0.2) is 17.4 Å². The monoisotopic (exact) mass is 267 g/mol. The number of rotatable bonds is 4. The van der Waals surface area contributed by atoms with Crippen LogP contribution < -0.4 is 5.73 Å². The highest BCUT2D eigenvalue weighted by Crippen LogP contribution is 2.32. The number of thioether (sulfide) groups is 1. The molecule has 6 heteroatoms. The molecule has 0 aliphatic heterocycles. The molecule has 0 saturated heterocycles. The topological polar surface area (TPSA) is 68.9 Å². The summed E-state index contributed by atoms with van der Waals surface area (Å²) in [5.74, 6) is -0.326. The van der Waals surface area contributed by atoms with Crippen molar-refractivity contribution in [1.29, 1.82) is 0 Å². The largest absolute Gasteiger partial charge is 0.369 e. The van der Waals surface area contributed by atoms with Crippen molar-refractivity contribution in [2.75, 3.05) is 0 Å². The molecule has 0 fully saturated rings. The number of fused-ring (bicyclic) bond motifs is 1. The van der Waals surface area contributed by atoms with Gasteiger partial charge in [-0.2, -0.15) is 0 Å². The summed E-state index contributed by atoms with van der Waals surface area (Å²) in [6.07, 6.45) is 2.52. The van der Waals surface area contributed by atoms with Gasteiger partial charge in [-0.15, -0.1) is 11.3 Å². The highest BCUT2D eigenvalue weighted by molar-refractivity contribution is 8.00. The zero-order valence-corrected chi connectivity index (χ0v) is 11.3. The number of carbonyl (C=O) groups is 1. The molecular formula is C11H13N3OS2. The van der Waals surface area contributed by atoms with Crippen molar-refractivity contribution in [3.8, 4) is 0 Å². The normalized spacial score (nSPS) is 12.8. The van der Waals surface area contributed by atoms with Crippen LogP contribution in [0.1, 0.15) is 18.7 Å². The van der Waals surface area contributed by atoms with Crippen LogP contribution in [0, 0.1) is 0 Å². The number of hydrogen-bond donors (Lipinski definition) is 1. The lowest BCUT2D eigenvalue weighted by Crippen LogP contribution is -2.22. The van der Waals surface area contributed by atoms with E-state index in [1.165, 1.54) is 23.0 Å². The van der Waals surface area contributed by atoms with Crippen molar-refractivity contribution in [3.05, 3.63) is 17.3 Å². The number of thiophene rings is 1. The Balaban J connectivity index is 2.39. The minimum absolute atomic E-state index is 0.280. The second-order valence-electron chi connectivity index (χ2n) is 3.63. The first-order valence-corrected chi connectivity index (χ1v) is 7.00. The van der Waals surface area contributed by atoms with Gasteiger partial charge in [0.15, 0.2) is 0 Å². The van der Waals surface area contributed by atoms with Gasteiger partial charge < -0.3 is 5.73 Å². The average molecular weight is 267 g/mol. The first-order valence-electron chi connectivity index (χ1n) is 5.31. The van der Waals surface area contributed by atoms with Gasteiger partial charge in [0.05, 0.1) is 5.25 Å². The van der Waals surface area contributed by atoms with Crippen LogP contribution in [0.2, 0.25) is 0 Å². The molecule has 0 aromatic carbocycles. The number of primary amides is 1. The summed E-state index contributed by atoms with van der Waals surface area (Å²) in [6.45, 7) is 3.89. The van der Waals surface area contributed by atoms with E-state index in [1.54, 1.807) is 18.3 Å². The van der Waals surface area contributed by atoms with Crippen molar-refractivity contribution < 1.29 is 4.79 Å². The highest BCUT2D eigenvalue weighted by atomic mass is 32.2. The van der Waals surface area contributed by atoms with E-state index >= 15 is 0 Å². The fourth-order valence-electron chi connectivity index (χ4n) is 1.38. The quantitative estimate of drug-likeness (QED) is 0.681. The molecule has 0 aliphatic rings. The third-order valence-corrected chi connectivity index (χ3v) is 4.70. The maximum atomic E-state index is 11.1. The van der Waals surface area contributed by atoms with Crippen molar-refractivity contribution in [2.45, 2.75) is 30.5 Å². The van der Waals surface area contributed by atoms with Crippen LogP contribution in [0.5, 0.6) is 0 Å². The smallest absolute Gasteiger partial charge is 0.230 e. The standard InChI is InChI=1S/C11H13N3OS2/c1-3-7-4-8-10(16-6(2)9(12)15)13-5-14-11(8)17-7/h4-6H,3H2,1-2H3,(H2,12,15)/t6-/m1/s1. The van der Waals surface area contributed by atoms with Gasteiger partial charge in [-0.1, -0.05) is 18.7 Å². The molecule has 0 saturated carbocycles. The Labute approximate surface area is 108 Å². The highest BCUT2D eigenvalue weighted by Gasteiger charge is 2.15. The molecule has 0 unspecified atom stereocenters. The van der Waals surface area contributed by atoms with E-state index in [-0.39, 0.29) is 11.2 Å². The Morgan fingerprint density at radius 1 is 1.59 bits per heavy atom. The zero-order chi connectivity index (χ0) is 12.4. The summed E-state index contributed by atoms with van der Waals surface area (Å²) < 4.78 is 0. The minimum atomic E-state index is -0.326. The first-order chi connectivity index (χ1) is 8.11. The Kier molecular flexibility index (Phi) is 3.63. The number of nitrogens with two attached hydrogens (primary N) is 1. The van der Waals surface area contributed by atoms with Crippen LogP contribution in [-0.4, -0.2) is 21.1 Å². The molecule has 2 rings (SSSR count). The third-order valence-electron chi connectivity index (χ3n) is 2.38. The maximum Gasteiger partial charge on any atom is 0.230 e. The first kappa shape index (κ1) is 12.3. The number of carbonyl (C=O) groups excluding carboxylic acids is 1. The zero-order valence-electron chi connectivity index (χ0n) is 9.64. The van der Waals surface area contributed by atoms with Gasteiger partial charge in [-0.05, 0) is 19.4 Å². The third kappa shape index (κ3) is 2.58. The number of aromatic nitrogens is 2. The van der Waals surface area contributed by atoms with Gasteiger partial charge in [0.1, 0.15) is 16.2 Å². The van der Waals surface area contributed by atoms with Gasteiger partial charge in [0.2, 0.25) is 5.91 Å². The average Bonchev–Trinajstić information content (AvgIpc) is 2.72. The molecule has 1 amide bonds. The van der Waals surface area contributed by atoms with Crippen molar-refractivity contribution in [1.82, 2.24) is 9.97 Å².